The molecule has 1 atom stereocenters. The Labute approximate surface area is 184 Å². The van der Waals surface area contributed by atoms with Crippen molar-refractivity contribution in [2.45, 2.75) is 24.3 Å². The van der Waals surface area contributed by atoms with Crippen LogP contribution in [0.3, 0.4) is 0 Å². The summed E-state index contributed by atoms with van der Waals surface area (Å²) >= 11 is 6.00. The second kappa shape index (κ2) is 9.45. The number of sulfonamides is 1. The van der Waals surface area contributed by atoms with E-state index >= 15 is 0 Å². The molecule has 0 radical (unpaired) electrons. The van der Waals surface area contributed by atoms with Gasteiger partial charge in [0.1, 0.15) is 11.6 Å². The van der Waals surface area contributed by atoms with Crippen molar-refractivity contribution in [3.63, 3.8) is 0 Å². The predicted molar refractivity (Wildman–Crippen MR) is 116 cm³/mol. The third kappa shape index (κ3) is 5.59. The summed E-state index contributed by atoms with van der Waals surface area (Å²) in [6.45, 7) is 1.60. The Morgan fingerprint density at radius 2 is 1.65 bits per heavy atom. The Hall–Kier alpha value is -2.97. The standard InChI is InChI=1S/C22H19ClF2N2O3S/c1-14(12-17-19(24)9-5-10-20(17)25)26-22(28)15-6-4-7-16(13-15)31(29,30)27-21-11-3-2-8-18(21)23/h2-11,13-14,27H,12H2,1H3,(H,26,28). The van der Waals surface area contributed by atoms with E-state index in [1.807, 2.05) is 0 Å². The lowest BCUT2D eigenvalue weighted by molar-refractivity contribution is 0.0939. The minimum absolute atomic E-state index is 0.0592. The van der Waals surface area contributed by atoms with Crippen LogP contribution >= 0.6 is 11.6 Å². The Morgan fingerprint density at radius 3 is 2.32 bits per heavy atom. The van der Waals surface area contributed by atoms with Gasteiger partial charge >= 0.3 is 0 Å². The van der Waals surface area contributed by atoms with E-state index in [0.29, 0.717) is 0 Å². The van der Waals surface area contributed by atoms with Gasteiger partial charge in [-0.1, -0.05) is 35.9 Å². The Bertz CT molecular complexity index is 1200. The first-order valence-corrected chi connectivity index (χ1v) is 11.1. The first kappa shape index (κ1) is 22.7. The first-order chi connectivity index (χ1) is 14.7. The molecule has 1 unspecified atom stereocenters. The zero-order valence-corrected chi connectivity index (χ0v) is 18.0. The highest BCUT2D eigenvalue weighted by molar-refractivity contribution is 7.92. The molecule has 1 amide bonds. The van der Waals surface area contributed by atoms with Crippen LogP contribution in [0.1, 0.15) is 22.8 Å². The van der Waals surface area contributed by atoms with Crippen LogP contribution in [0.2, 0.25) is 5.02 Å². The van der Waals surface area contributed by atoms with Gasteiger partial charge in [-0.3, -0.25) is 9.52 Å². The van der Waals surface area contributed by atoms with Gasteiger partial charge in [0, 0.05) is 17.2 Å². The number of para-hydroxylation sites is 1. The highest BCUT2D eigenvalue weighted by Crippen LogP contribution is 2.24. The topological polar surface area (TPSA) is 75.3 Å². The van der Waals surface area contributed by atoms with Gasteiger partial charge in [-0.15, -0.1) is 0 Å². The SMILES string of the molecule is CC(Cc1c(F)cccc1F)NC(=O)c1cccc(S(=O)(=O)Nc2ccccc2Cl)c1. The second-order valence-electron chi connectivity index (χ2n) is 6.89. The van der Waals surface area contributed by atoms with Crippen molar-refractivity contribution in [2.24, 2.45) is 0 Å². The fourth-order valence-electron chi connectivity index (χ4n) is 2.94. The van der Waals surface area contributed by atoms with Gasteiger partial charge in [-0.2, -0.15) is 0 Å². The van der Waals surface area contributed by atoms with Crippen molar-refractivity contribution in [1.82, 2.24) is 5.32 Å². The molecule has 3 aromatic carbocycles. The lowest BCUT2D eigenvalue weighted by Gasteiger charge is -2.15. The van der Waals surface area contributed by atoms with E-state index in [0.717, 1.165) is 12.1 Å². The number of nitrogens with one attached hydrogen (secondary N) is 2. The number of carbonyl (C=O) groups is 1. The number of hydrogen-bond donors (Lipinski definition) is 2. The van der Waals surface area contributed by atoms with Gasteiger partial charge in [0.2, 0.25) is 0 Å². The van der Waals surface area contributed by atoms with Crippen LogP contribution in [0.5, 0.6) is 0 Å². The first-order valence-electron chi connectivity index (χ1n) is 9.28. The fraction of sp³-hybridized carbons (Fsp3) is 0.136. The summed E-state index contributed by atoms with van der Waals surface area (Å²) < 4.78 is 55.4. The van der Waals surface area contributed by atoms with E-state index in [1.165, 1.54) is 36.4 Å². The molecule has 0 aliphatic heterocycles. The smallest absolute Gasteiger partial charge is 0.261 e. The third-order valence-electron chi connectivity index (χ3n) is 4.47. The Balaban J connectivity index is 1.74. The summed E-state index contributed by atoms with van der Waals surface area (Å²) in [6.07, 6.45) is -0.0592. The molecule has 162 valence electrons. The monoisotopic (exact) mass is 464 g/mol. The molecule has 0 saturated heterocycles. The zero-order valence-electron chi connectivity index (χ0n) is 16.4. The maximum absolute atomic E-state index is 13.8. The van der Waals surface area contributed by atoms with E-state index in [2.05, 4.69) is 10.0 Å². The second-order valence-corrected chi connectivity index (χ2v) is 8.98. The average molecular weight is 465 g/mol. The van der Waals surface area contributed by atoms with Gasteiger partial charge in [-0.05, 0) is 55.8 Å². The summed E-state index contributed by atoms with van der Waals surface area (Å²) in [4.78, 5) is 12.4. The Morgan fingerprint density at radius 1 is 1.00 bits per heavy atom. The summed E-state index contributed by atoms with van der Waals surface area (Å²) in [5.74, 6) is -1.96. The largest absolute Gasteiger partial charge is 0.349 e. The molecular formula is C22H19ClF2N2O3S. The lowest BCUT2D eigenvalue weighted by Crippen LogP contribution is -2.34. The molecule has 0 saturated carbocycles. The minimum atomic E-state index is -3.99. The number of rotatable bonds is 7. The lowest BCUT2D eigenvalue weighted by atomic mass is 10.1. The van der Waals surface area contributed by atoms with Crippen LogP contribution in [0.25, 0.3) is 0 Å². The maximum Gasteiger partial charge on any atom is 0.261 e. The summed E-state index contributed by atoms with van der Waals surface area (Å²) in [6, 6.07) is 14.7. The highest BCUT2D eigenvalue weighted by Gasteiger charge is 2.19. The van der Waals surface area contributed by atoms with Crippen LogP contribution in [-0.4, -0.2) is 20.4 Å². The summed E-state index contributed by atoms with van der Waals surface area (Å²) in [5, 5.41) is 2.86. The van der Waals surface area contributed by atoms with Crippen molar-refractivity contribution in [2.75, 3.05) is 4.72 Å². The van der Waals surface area contributed by atoms with Gasteiger partial charge in [0.25, 0.3) is 15.9 Å². The van der Waals surface area contributed by atoms with Crippen molar-refractivity contribution in [3.8, 4) is 0 Å². The molecule has 3 rings (SSSR count). The molecule has 0 heterocycles. The number of halogens is 3. The van der Waals surface area contributed by atoms with Crippen molar-refractivity contribution < 1.29 is 22.0 Å². The molecule has 0 aromatic heterocycles. The summed E-state index contributed by atoms with van der Waals surface area (Å²) in [5.41, 5.74) is 0.165. The van der Waals surface area contributed by atoms with Crippen LogP contribution < -0.4 is 10.0 Å². The average Bonchev–Trinajstić information content (AvgIpc) is 2.72. The van der Waals surface area contributed by atoms with Gasteiger partial charge < -0.3 is 5.32 Å². The predicted octanol–water partition coefficient (Wildman–Crippen LogP) is 4.78. The summed E-state index contributed by atoms with van der Waals surface area (Å²) in [7, 11) is -3.99. The van der Waals surface area contributed by atoms with E-state index in [-0.39, 0.29) is 33.2 Å². The van der Waals surface area contributed by atoms with E-state index < -0.39 is 33.6 Å². The van der Waals surface area contributed by atoms with E-state index in [9.17, 15) is 22.0 Å². The fourth-order valence-corrected chi connectivity index (χ4v) is 4.31. The van der Waals surface area contributed by atoms with Crippen molar-refractivity contribution >= 4 is 33.2 Å². The van der Waals surface area contributed by atoms with E-state index in [1.54, 1.807) is 25.1 Å². The number of carbonyl (C=O) groups excluding carboxylic acids is 1. The number of amides is 1. The van der Waals surface area contributed by atoms with Crippen LogP contribution in [0.15, 0.2) is 71.6 Å². The van der Waals surface area contributed by atoms with Crippen molar-refractivity contribution in [1.29, 1.82) is 0 Å². The molecule has 5 nitrogen and oxygen atoms in total. The molecule has 31 heavy (non-hydrogen) atoms. The van der Waals surface area contributed by atoms with Crippen LogP contribution in [0.4, 0.5) is 14.5 Å². The molecule has 0 aliphatic carbocycles. The maximum atomic E-state index is 13.8. The Kier molecular flexibility index (Phi) is 6.92. The van der Waals surface area contributed by atoms with Gasteiger partial charge in [-0.25, -0.2) is 17.2 Å². The molecule has 0 spiro atoms. The van der Waals surface area contributed by atoms with Crippen LogP contribution in [0, 0.1) is 11.6 Å². The van der Waals surface area contributed by atoms with Crippen molar-refractivity contribution in [3.05, 3.63) is 94.5 Å². The number of hydrogen-bond acceptors (Lipinski definition) is 3. The van der Waals surface area contributed by atoms with E-state index in [4.69, 9.17) is 11.6 Å². The normalized spacial score (nSPS) is 12.3. The van der Waals surface area contributed by atoms with Gasteiger partial charge in [0.05, 0.1) is 15.6 Å². The molecule has 2 N–H and O–H groups in total. The molecular weight excluding hydrogens is 446 g/mol. The van der Waals surface area contributed by atoms with Crippen LogP contribution in [-0.2, 0) is 16.4 Å². The quantitative estimate of drug-likeness (QED) is 0.528. The number of anilines is 1. The minimum Gasteiger partial charge on any atom is -0.349 e. The molecule has 9 heteroatoms. The molecule has 3 aromatic rings. The molecule has 0 aliphatic rings. The zero-order chi connectivity index (χ0) is 22.6. The highest BCUT2D eigenvalue weighted by atomic mass is 35.5. The number of benzene rings is 3. The molecule has 0 bridgehead atoms. The third-order valence-corrected chi connectivity index (χ3v) is 6.17. The van der Waals surface area contributed by atoms with Gasteiger partial charge in [0.15, 0.2) is 0 Å². The molecule has 0 fully saturated rings.